The normalized spacial score (nSPS) is 23.8. The second-order valence-electron chi connectivity index (χ2n) is 5.21. The lowest BCUT2D eigenvalue weighted by atomic mass is 10.0. The van der Waals surface area contributed by atoms with Crippen molar-refractivity contribution < 1.29 is 9.13 Å². The SMILES string of the molecule is CCNC(Cc1ccc(OC)c(F)c1)C1CC1C. The topological polar surface area (TPSA) is 21.3 Å². The van der Waals surface area contributed by atoms with Gasteiger partial charge in [0.1, 0.15) is 0 Å². The lowest BCUT2D eigenvalue weighted by Crippen LogP contribution is -2.33. The highest BCUT2D eigenvalue weighted by molar-refractivity contribution is 5.30. The largest absolute Gasteiger partial charge is 0.494 e. The first-order valence-corrected chi connectivity index (χ1v) is 6.71. The molecule has 0 aliphatic heterocycles. The van der Waals surface area contributed by atoms with Crippen LogP contribution in [0.25, 0.3) is 0 Å². The molecule has 2 rings (SSSR count). The van der Waals surface area contributed by atoms with E-state index in [2.05, 4.69) is 19.2 Å². The second-order valence-corrected chi connectivity index (χ2v) is 5.21. The van der Waals surface area contributed by atoms with Gasteiger partial charge in [0.05, 0.1) is 7.11 Å². The van der Waals surface area contributed by atoms with Crippen molar-refractivity contribution in [3.8, 4) is 5.75 Å². The van der Waals surface area contributed by atoms with Crippen molar-refractivity contribution in [1.82, 2.24) is 5.32 Å². The van der Waals surface area contributed by atoms with Crippen molar-refractivity contribution in [3.63, 3.8) is 0 Å². The molecule has 0 saturated heterocycles. The van der Waals surface area contributed by atoms with Crippen LogP contribution in [-0.4, -0.2) is 19.7 Å². The summed E-state index contributed by atoms with van der Waals surface area (Å²) >= 11 is 0. The van der Waals surface area contributed by atoms with Crippen LogP contribution in [0, 0.1) is 17.7 Å². The van der Waals surface area contributed by atoms with Crippen molar-refractivity contribution in [1.29, 1.82) is 0 Å². The molecule has 0 radical (unpaired) electrons. The van der Waals surface area contributed by atoms with Gasteiger partial charge in [0.15, 0.2) is 11.6 Å². The Morgan fingerprint density at radius 3 is 2.72 bits per heavy atom. The van der Waals surface area contributed by atoms with E-state index in [9.17, 15) is 4.39 Å². The molecule has 1 fully saturated rings. The zero-order chi connectivity index (χ0) is 13.1. The number of hydrogen-bond donors (Lipinski definition) is 1. The standard InChI is InChI=1S/C15H22FNO/c1-4-17-14(12-7-10(12)2)9-11-5-6-15(18-3)13(16)8-11/h5-6,8,10,12,14,17H,4,7,9H2,1-3H3. The highest BCUT2D eigenvalue weighted by Gasteiger charge is 2.38. The fraction of sp³-hybridized carbons (Fsp3) is 0.600. The first kappa shape index (κ1) is 13.3. The molecule has 0 amide bonds. The summed E-state index contributed by atoms with van der Waals surface area (Å²) in [6, 6.07) is 5.73. The molecule has 1 saturated carbocycles. The number of nitrogens with one attached hydrogen (secondary N) is 1. The van der Waals surface area contributed by atoms with Gasteiger partial charge in [-0.3, -0.25) is 0 Å². The molecule has 3 atom stereocenters. The molecule has 0 aromatic heterocycles. The highest BCUT2D eigenvalue weighted by atomic mass is 19.1. The summed E-state index contributed by atoms with van der Waals surface area (Å²) < 4.78 is 18.6. The number of benzene rings is 1. The number of ether oxygens (including phenoxy) is 1. The molecular weight excluding hydrogens is 229 g/mol. The van der Waals surface area contributed by atoms with Gasteiger partial charge in [-0.25, -0.2) is 4.39 Å². The predicted molar refractivity (Wildman–Crippen MR) is 71.4 cm³/mol. The molecule has 2 nitrogen and oxygen atoms in total. The van der Waals surface area contributed by atoms with Crippen LogP contribution in [0.1, 0.15) is 25.8 Å². The summed E-state index contributed by atoms with van der Waals surface area (Å²) in [5.74, 6) is 1.60. The highest BCUT2D eigenvalue weighted by Crippen LogP contribution is 2.41. The zero-order valence-electron chi connectivity index (χ0n) is 11.4. The third kappa shape index (κ3) is 3.02. The van der Waals surface area contributed by atoms with Gasteiger partial charge in [-0.05, 0) is 48.9 Å². The van der Waals surface area contributed by atoms with E-state index in [4.69, 9.17) is 4.74 Å². The predicted octanol–water partition coefficient (Wildman–Crippen LogP) is 3.01. The molecular formula is C15H22FNO. The van der Waals surface area contributed by atoms with Gasteiger partial charge in [0.2, 0.25) is 0 Å². The number of rotatable bonds is 6. The molecule has 1 aromatic rings. The van der Waals surface area contributed by atoms with Crippen molar-refractivity contribution in [2.75, 3.05) is 13.7 Å². The van der Waals surface area contributed by atoms with Crippen LogP contribution < -0.4 is 10.1 Å². The molecule has 1 aliphatic rings. The van der Waals surface area contributed by atoms with E-state index in [1.165, 1.54) is 13.5 Å². The van der Waals surface area contributed by atoms with E-state index >= 15 is 0 Å². The van der Waals surface area contributed by atoms with Crippen LogP contribution in [0.3, 0.4) is 0 Å². The first-order chi connectivity index (χ1) is 8.65. The Labute approximate surface area is 109 Å². The van der Waals surface area contributed by atoms with Crippen LogP contribution >= 0.6 is 0 Å². The van der Waals surface area contributed by atoms with Crippen molar-refractivity contribution in [2.45, 2.75) is 32.7 Å². The number of hydrogen-bond acceptors (Lipinski definition) is 2. The zero-order valence-corrected chi connectivity index (χ0v) is 11.4. The summed E-state index contributed by atoms with van der Waals surface area (Å²) in [6.07, 6.45) is 2.18. The minimum atomic E-state index is -0.269. The van der Waals surface area contributed by atoms with Gasteiger partial charge >= 0.3 is 0 Å². The Balaban J connectivity index is 2.04. The maximum Gasteiger partial charge on any atom is 0.165 e. The van der Waals surface area contributed by atoms with E-state index in [-0.39, 0.29) is 5.82 Å². The molecule has 18 heavy (non-hydrogen) atoms. The molecule has 0 heterocycles. The number of likely N-dealkylation sites (N-methyl/N-ethyl adjacent to an activating group) is 1. The van der Waals surface area contributed by atoms with Gasteiger partial charge in [-0.1, -0.05) is 19.9 Å². The third-order valence-electron chi connectivity index (χ3n) is 3.83. The maximum atomic E-state index is 13.6. The Kier molecular flexibility index (Phi) is 4.23. The molecule has 1 aliphatic carbocycles. The first-order valence-electron chi connectivity index (χ1n) is 6.71. The maximum absolute atomic E-state index is 13.6. The van der Waals surface area contributed by atoms with E-state index in [0.29, 0.717) is 11.8 Å². The number of methoxy groups -OCH3 is 1. The Hall–Kier alpha value is -1.09. The molecule has 1 N–H and O–H groups in total. The van der Waals surface area contributed by atoms with E-state index in [1.54, 1.807) is 12.1 Å². The summed E-state index contributed by atoms with van der Waals surface area (Å²) in [5, 5.41) is 3.52. The monoisotopic (exact) mass is 251 g/mol. The summed E-state index contributed by atoms with van der Waals surface area (Å²) in [4.78, 5) is 0. The second kappa shape index (κ2) is 5.70. The number of halogens is 1. The van der Waals surface area contributed by atoms with Gasteiger partial charge in [0.25, 0.3) is 0 Å². The lowest BCUT2D eigenvalue weighted by molar-refractivity contribution is 0.385. The van der Waals surface area contributed by atoms with Gasteiger partial charge < -0.3 is 10.1 Å². The van der Waals surface area contributed by atoms with Crippen molar-refractivity contribution in [3.05, 3.63) is 29.6 Å². The fourth-order valence-electron chi connectivity index (χ4n) is 2.64. The minimum absolute atomic E-state index is 0.269. The van der Waals surface area contributed by atoms with E-state index in [1.807, 2.05) is 6.07 Å². The van der Waals surface area contributed by atoms with E-state index in [0.717, 1.165) is 30.4 Å². The van der Waals surface area contributed by atoms with Gasteiger partial charge in [0, 0.05) is 6.04 Å². The molecule has 0 spiro atoms. The third-order valence-corrected chi connectivity index (χ3v) is 3.83. The average Bonchev–Trinajstić information content (AvgIpc) is 3.06. The van der Waals surface area contributed by atoms with Gasteiger partial charge in [-0.2, -0.15) is 0 Å². The average molecular weight is 251 g/mol. The van der Waals surface area contributed by atoms with Crippen molar-refractivity contribution >= 4 is 0 Å². The smallest absolute Gasteiger partial charge is 0.165 e. The molecule has 1 aromatic carbocycles. The summed E-state index contributed by atoms with van der Waals surface area (Å²) in [5.41, 5.74) is 1.04. The van der Waals surface area contributed by atoms with Crippen LogP contribution in [0.15, 0.2) is 18.2 Å². The van der Waals surface area contributed by atoms with E-state index < -0.39 is 0 Å². The Morgan fingerprint density at radius 2 is 2.22 bits per heavy atom. The minimum Gasteiger partial charge on any atom is -0.494 e. The van der Waals surface area contributed by atoms with Crippen molar-refractivity contribution in [2.24, 2.45) is 11.8 Å². The Bertz CT molecular complexity index is 407. The van der Waals surface area contributed by atoms with Crippen LogP contribution in [-0.2, 0) is 6.42 Å². The quantitative estimate of drug-likeness (QED) is 0.839. The molecule has 3 unspecified atom stereocenters. The Morgan fingerprint density at radius 1 is 1.50 bits per heavy atom. The van der Waals surface area contributed by atoms with Crippen LogP contribution in [0.4, 0.5) is 4.39 Å². The fourth-order valence-corrected chi connectivity index (χ4v) is 2.64. The van der Waals surface area contributed by atoms with Crippen LogP contribution in [0.2, 0.25) is 0 Å². The van der Waals surface area contributed by atoms with Crippen LogP contribution in [0.5, 0.6) is 5.75 Å². The molecule has 100 valence electrons. The molecule has 0 bridgehead atoms. The molecule has 3 heteroatoms. The van der Waals surface area contributed by atoms with Gasteiger partial charge in [-0.15, -0.1) is 0 Å². The summed E-state index contributed by atoms with van der Waals surface area (Å²) in [7, 11) is 1.49. The summed E-state index contributed by atoms with van der Waals surface area (Å²) in [6.45, 7) is 5.37. The lowest BCUT2D eigenvalue weighted by Gasteiger charge is -2.18.